The zero-order valence-corrected chi connectivity index (χ0v) is 15.9. The van der Waals surface area contributed by atoms with Crippen LogP contribution in [-0.2, 0) is 14.3 Å². The second-order valence-corrected chi connectivity index (χ2v) is 6.28. The Bertz CT molecular complexity index is 842. The zero-order chi connectivity index (χ0) is 20.0. The monoisotopic (exact) mass is 369 g/mol. The van der Waals surface area contributed by atoms with Crippen molar-refractivity contribution in [3.05, 3.63) is 70.3 Å². The van der Waals surface area contributed by atoms with Crippen molar-refractivity contribution in [2.75, 3.05) is 13.7 Å². The van der Waals surface area contributed by atoms with E-state index in [9.17, 15) is 14.4 Å². The van der Waals surface area contributed by atoms with Gasteiger partial charge in [0.1, 0.15) is 0 Å². The summed E-state index contributed by atoms with van der Waals surface area (Å²) in [6.45, 7) is 5.53. The number of nitrogens with one attached hydrogen (secondary N) is 1. The molecule has 0 bridgehead atoms. The minimum absolute atomic E-state index is 0.199. The van der Waals surface area contributed by atoms with Gasteiger partial charge in [0.2, 0.25) is 0 Å². The van der Waals surface area contributed by atoms with Gasteiger partial charge in [-0.1, -0.05) is 18.2 Å². The highest BCUT2D eigenvalue weighted by atomic mass is 16.5. The summed E-state index contributed by atoms with van der Waals surface area (Å²) in [6.07, 6.45) is 0. The molecule has 0 radical (unpaired) electrons. The molecule has 27 heavy (non-hydrogen) atoms. The molecule has 6 nitrogen and oxygen atoms in total. The minimum Gasteiger partial charge on any atom is -0.465 e. The Hall–Kier alpha value is -3.15. The van der Waals surface area contributed by atoms with Crippen LogP contribution in [0.4, 0.5) is 0 Å². The van der Waals surface area contributed by atoms with Crippen LogP contribution in [0.2, 0.25) is 0 Å². The molecule has 0 aliphatic carbocycles. The van der Waals surface area contributed by atoms with Gasteiger partial charge in [-0.15, -0.1) is 0 Å². The van der Waals surface area contributed by atoms with E-state index in [1.807, 2.05) is 39.0 Å². The highest BCUT2D eigenvalue weighted by Crippen LogP contribution is 2.16. The summed E-state index contributed by atoms with van der Waals surface area (Å²) in [4.78, 5) is 35.4. The van der Waals surface area contributed by atoms with Gasteiger partial charge in [-0.25, -0.2) is 9.59 Å². The summed E-state index contributed by atoms with van der Waals surface area (Å²) in [5.41, 5.74) is 3.89. The number of benzene rings is 2. The summed E-state index contributed by atoms with van der Waals surface area (Å²) in [6, 6.07) is 11.6. The van der Waals surface area contributed by atoms with Crippen LogP contribution in [0, 0.1) is 13.8 Å². The molecular formula is C21H23NO5. The van der Waals surface area contributed by atoms with Gasteiger partial charge in [-0.3, -0.25) is 4.79 Å². The fraction of sp³-hybridized carbons (Fsp3) is 0.286. The number of aryl methyl sites for hydroxylation is 2. The lowest BCUT2D eigenvalue weighted by atomic mass is 10.0. The van der Waals surface area contributed by atoms with Gasteiger partial charge < -0.3 is 14.8 Å². The van der Waals surface area contributed by atoms with E-state index in [0.717, 1.165) is 11.1 Å². The lowest BCUT2D eigenvalue weighted by Crippen LogP contribution is -2.31. The molecule has 0 aromatic heterocycles. The van der Waals surface area contributed by atoms with Crippen LogP contribution in [0.5, 0.6) is 0 Å². The van der Waals surface area contributed by atoms with E-state index in [1.165, 1.54) is 36.9 Å². The Morgan fingerprint density at radius 1 is 0.926 bits per heavy atom. The first-order chi connectivity index (χ1) is 12.8. The lowest BCUT2D eigenvalue weighted by Gasteiger charge is -2.15. The highest BCUT2D eigenvalue weighted by molar-refractivity contribution is 5.94. The summed E-state index contributed by atoms with van der Waals surface area (Å²) in [5.74, 6) is -1.52. The molecule has 0 spiro atoms. The molecule has 142 valence electrons. The number of carbonyl (C=O) groups is 3. The lowest BCUT2D eigenvalue weighted by molar-refractivity contribution is -0.124. The van der Waals surface area contributed by atoms with E-state index in [4.69, 9.17) is 4.74 Å². The molecule has 0 saturated heterocycles. The number of amides is 1. The molecule has 0 aliphatic rings. The van der Waals surface area contributed by atoms with Crippen LogP contribution in [0.1, 0.15) is 50.4 Å². The van der Waals surface area contributed by atoms with Crippen molar-refractivity contribution in [1.29, 1.82) is 0 Å². The van der Waals surface area contributed by atoms with Crippen LogP contribution in [-0.4, -0.2) is 31.6 Å². The molecule has 2 aromatic rings. The summed E-state index contributed by atoms with van der Waals surface area (Å²) in [7, 11) is 1.28. The molecule has 6 heteroatoms. The van der Waals surface area contributed by atoms with Gasteiger partial charge in [-0.2, -0.15) is 0 Å². The van der Waals surface area contributed by atoms with Crippen molar-refractivity contribution in [3.63, 3.8) is 0 Å². The van der Waals surface area contributed by atoms with Crippen molar-refractivity contribution in [2.45, 2.75) is 26.8 Å². The van der Waals surface area contributed by atoms with Crippen molar-refractivity contribution < 1.29 is 23.9 Å². The molecule has 2 aromatic carbocycles. The van der Waals surface area contributed by atoms with Crippen LogP contribution in [0.3, 0.4) is 0 Å². The van der Waals surface area contributed by atoms with Gasteiger partial charge >= 0.3 is 11.9 Å². The Kier molecular flexibility index (Phi) is 6.71. The number of esters is 2. The maximum absolute atomic E-state index is 12.0. The van der Waals surface area contributed by atoms with Crippen LogP contribution in [0.25, 0.3) is 0 Å². The number of carbonyl (C=O) groups excluding carboxylic acids is 3. The van der Waals surface area contributed by atoms with Gasteiger partial charge in [-0.05, 0) is 61.7 Å². The molecule has 0 fully saturated rings. The van der Waals surface area contributed by atoms with E-state index in [1.54, 1.807) is 0 Å². The first kappa shape index (κ1) is 20.2. The normalized spacial score (nSPS) is 11.4. The summed E-state index contributed by atoms with van der Waals surface area (Å²) in [5, 5.41) is 2.80. The predicted molar refractivity (Wildman–Crippen MR) is 101 cm³/mol. The molecule has 0 aliphatic heterocycles. The number of methoxy groups -OCH3 is 1. The molecule has 1 N–H and O–H groups in total. The maximum Gasteiger partial charge on any atom is 0.338 e. The number of rotatable bonds is 6. The average molecular weight is 369 g/mol. The highest BCUT2D eigenvalue weighted by Gasteiger charge is 2.14. The van der Waals surface area contributed by atoms with E-state index in [-0.39, 0.29) is 24.1 Å². The van der Waals surface area contributed by atoms with E-state index < -0.39 is 11.9 Å². The molecular weight excluding hydrogens is 346 g/mol. The third-order valence-electron chi connectivity index (χ3n) is 4.28. The SMILES string of the molecule is COC(=O)c1ccc(C(=O)OCC(=O)N[C@H](C)c2ccc(C)c(C)c2)cc1. The second-order valence-electron chi connectivity index (χ2n) is 6.28. The van der Waals surface area contributed by atoms with Crippen LogP contribution < -0.4 is 5.32 Å². The average Bonchev–Trinajstić information content (AvgIpc) is 2.67. The summed E-state index contributed by atoms with van der Waals surface area (Å²) >= 11 is 0. The Morgan fingerprint density at radius 3 is 2.07 bits per heavy atom. The molecule has 1 atom stereocenters. The zero-order valence-electron chi connectivity index (χ0n) is 15.9. The van der Waals surface area contributed by atoms with Gasteiger partial charge in [0.15, 0.2) is 6.61 Å². The van der Waals surface area contributed by atoms with E-state index >= 15 is 0 Å². The quantitative estimate of drug-likeness (QED) is 0.791. The van der Waals surface area contributed by atoms with Crippen LogP contribution in [0.15, 0.2) is 42.5 Å². The van der Waals surface area contributed by atoms with Crippen molar-refractivity contribution in [1.82, 2.24) is 5.32 Å². The molecule has 0 unspecified atom stereocenters. The largest absolute Gasteiger partial charge is 0.465 e. The minimum atomic E-state index is -0.639. The number of hydrogen-bond acceptors (Lipinski definition) is 5. The smallest absolute Gasteiger partial charge is 0.338 e. The topological polar surface area (TPSA) is 81.7 Å². The van der Waals surface area contributed by atoms with Crippen LogP contribution >= 0.6 is 0 Å². The molecule has 0 saturated carbocycles. The molecule has 0 heterocycles. The summed E-state index contributed by atoms with van der Waals surface area (Å²) < 4.78 is 9.62. The van der Waals surface area contributed by atoms with Crippen molar-refractivity contribution in [3.8, 4) is 0 Å². The van der Waals surface area contributed by atoms with E-state index in [2.05, 4.69) is 10.1 Å². The molecule has 1 amide bonds. The predicted octanol–water partition coefficient (Wildman–Crippen LogP) is 3.12. The van der Waals surface area contributed by atoms with Crippen molar-refractivity contribution >= 4 is 17.8 Å². The third kappa shape index (κ3) is 5.41. The van der Waals surface area contributed by atoms with E-state index in [0.29, 0.717) is 5.56 Å². The number of ether oxygens (including phenoxy) is 2. The van der Waals surface area contributed by atoms with Gasteiger partial charge in [0.25, 0.3) is 5.91 Å². The fourth-order valence-corrected chi connectivity index (χ4v) is 2.48. The maximum atomic E-state index is 12.0. The Labute approximate surface area is 158 Å². The number of hydrogen-bond donors (Lipinski definition) is 1. The van der Waals surface area contributed by atoms with Gasteiger partial charge in [0.05, 0.1) is 24.3 Å². The first-order valence-electron chi connectivity index (χ1n) is 8.54. The van der Waals surface area contributed by atoms with Gasteiger partial charge in [0, 0.05) is 0 Å². The third-order valence-corrected chi connectivity index (χ3v) is 4.28. The Morgan fingerprint density at radius 2 is 1.52 bits per heavy atom. The van der Waals surface area contributed by atoms with Crippen molar-refractivity contribution in [2.24, 2.45) is 0 Å². The second kappa shape index (κ2) is 8.98. The first-order valence-corrected chi connectivity index (χ1v) is 8.54. The Balaban J connectivity index is 1.88. The molecule has 2 rings (SSSR count). The fourth-order valence-electron chi connectivity index (χ4n) is 2.48. The standard InChI is InChI=1S/C21H23NO5/c1-13-5-6-18(11-14(13)2)15(3)22-19(23)12-27-21(25)17-9-7-16(8-10-17)20(24)26-4/h5-11,15H,12H2,1-4H3,(H,22,23)/t15-/m1/s1.